The normalized spacial score (nSPS) is 17.8. The van der Waals surface area contributed by atoms with E-state index in [1.165, 1.54) is 0 Å². The number of nitrogens with zero attached hydrogens (tertiary/aromatic N) is 2. The summed E-state index contributed by atoms with van der Waals surface area (Å²) >= 11 is 0. The molecule has 1 unspecified atom stereocenters. The maximum absolute atomic E-state index is 12.1. The van der Waals surface area contributed by atoms with Crippen molar-refractivity contribution in [2.24, 2.45) is 0 Å². The number of imide groups is 1. The molecule has 1 aromatic heterocycles. The van der Waals surface area contributed by atoms with Gasteiger partial charge in [0.15, 0.2) is 0 Å². The van der Waals surface area contributed by atoms with Crippen LogP contribution in [-0.2, 0) is 21.5 Å². The molecule has 8 heteroatoms. The molecule has 23 heavy (non-hydrogen) atoms. The first-order chi connectivity index (χ1) is 10.7. The third-order valence-corrected chi connectivity index (χ3v) is 3.74. The second-order valence-electron chi connectivity index (χ2n) is 6.83. The van der Waals surface area contributed by atoms with Crippen molar-refractivity contribution < 1.29 is 14.4 Å². The van der Waals surface area contributed by atoms with Crippen LogP contribution in [0.15, 0.2) is 6.07 Å². The Morgan fingerprint density at radius 3 is 2.57 bits per heavy atom. The van der Waals surface area contributed by atoms with Crippen molar-refractivity contribution in [2.75, 3.05) is 7.05 Å². The molecular formula is C15H23N5O3. The number of aromatic amines is 1. The summed E-state index contributed by atoms with van der Waals surface area (Å²) in [6.45, 7) is 6.64. The minimum atomic E-state index is -0.625. The lowest BCUT2D eigenvalue weighted by molar-refractivity contribution is -0.130. The van der Waals surface area contributed by atoms with Crippen molar-refractivity contribution in [3.8, 4) is 0 Å². The van der Waals surface area contributed by atoms with Crippen LogP contribution in [0, 0.1) is 0 Å². The van der Waals surface area contributed by atoms with Crippen molar-refractivity contribution in [1.29, 1.82) is 0 Å². The van der Waals surface area contributed by atoms with Gasteiger partial charge < -0.3 is 10.2 Å². The molecular weight excluding hydrogens is 298 g/mol. The first kappa shape index (κ1) is 17.0. The smallest absolute Gasteiger partial charge is 0.322 e. The van der Waals surface area contributed by atoms with Crippen LogP contribution in [0.4, 0.5) is 4.79 Å². The zero-order valence-corrected chi connectivity index (χ0v) is 13.9. The number of nitrogens with one attached hydrogen (secondary N) is 3. The monoisotopic (exact) mass is 321 g/mol. The van der Waals surface area contributed by atoms with E-state index in [1.54, 1.807) is 11.9 Å². The number of H-pyrrole nitrogens is 1. The summed E-state index contributed by atoms with van der Waals surface area (Å²) in [6, 6.07) is 0.821. The number of carbonyl (C=O) groups is 3. The lowest BCUT2D eigenvalue weighted by Gasteiger charge is -2.17. The molecule has 4 amide bonds. The molecule has 1 aliphatic heterocycles. The fraction of sp³-hybridized carbons (Fsp3) is 0.600. The minimum absolute atomic E-state index is 0.0502. The molecule has 1 aliphatic rings. The van der Waals surface area contributed by atoms with Crippen molar-refractivity contribution in [3.63, 3.8) is 0 Å². The van der Waals surface area contributed by atoms with Crippen LogP contribution >= 0.6 is 0 Å². The van der Waals surface area contributed by atoms with Gasteiger partial charge in [-0.25, -0.2) is 4.79 Å². The zero-order valence-electron chi connectivity index (χ0n) is 13.9. The molecule has 3 N–H and O–H groups in total. The van der Waals surface area contributed by atoms with Gasteiger partial charge in [-0.1, -0.05) is 20.8 Å². The Morgan fingerprint density at radius 1 is 1.35 bits per heavy atom. The van der Waals surface area contributed by atoms with Crippen LogP contribution in [0.1, 0.15) is 45.0 Å². The van der Waals surface area contributed by atoms with Crippen molar-refractivity contribution >= 4 is 17.8 Å². The van der Waals surface area contributed by atoms with E-state index in [1.807, 2.05) is 6.07 Å². The molecule has 0 radical (unpaired) electrons. The van der Waals surface area contributed by atoms with Gasteiger partial charge in [-0.2, -0.15) is 5.10 Å². The predicted molar refractivity (Wildman–Crippen MR) is 83.5 cm³/mol. The minimum Gasteiger partial charge on any atom is -0.340 e. The number of urea groups is 1. The van der Waals surface area contributed by atoms with Crippen LogP contribution in [0.5, 0.6) is 0 Å². The predicted octanol–water partition coefficient (Wildman–Crippen LogP) is 0.654. The van der Waals surface area contributed by atoms with Gasteiger partial charge in [0, 0.05) is 18.9 Å². The molecule has 2 heterocycles. The van der Waals surface area contributed by atoms with Gasteiger partial charge in [0.1, 0.15) is 6.04 Å². The number of carbonyl (C=O) groups excluding carboxylic acids is 3. The molecule has 1 saturated heterocycles. The molecule has 0 aliphatic carbocycles. The SMILES string of the molecule is CN(Cc1cc(C(C)(C)C)n[nH]1)C(=O)CCC1NC(=O)NC1=O. The maximum atomic E-state index is 12.1. The number of hydrogen-bond donors (Lipinski definition) is 3. The van der Waals surface area contributed by atoms with Crippen LogP contribution in [0.3, 0.4) is 0 Å². The van der Waals surface area contributed by atoms with Crippen LogP contribution < -0.4 is 10.6 Å². The van der Waals surface area contributed by atoms with Crippen LogP contribution in [0.25, 0.3) is 0 Å². The highest BCUT2D eigenvalue weighted by atomic mass is 16.2. The average molecular weight is 321 g/mol. The molecule has 0 spiro atoms. The first-order valence-electron chi connectivity index (χ1n) is 7.57. The van der Waals surface area contributed by atoms with E-state index >= 15 is 0 Å². The van der Waals surface area contributed by atoms with Gasteiger partial charge in [0.2, 0.25) is 5.91 Å². The summed E-state index contributed by atoms with van der Waals surface area (Å²) < 4.78 is 0. The molecule has 1 fully saturated rings. The van der Waals surface area contributed by atoms with E-state index in [4.69, 9.17) is 0 Å². The second kappa shape index (κ2) is 6.39. The van der Waals surface area contributed by atoms with Gasteiger partial charge in [0.05, 0.1) is 17.9 Å². The van der Waals surface area contributed by atoms with Crippen molar-refractivity contribution in [3.05, 3.63) is 17.5 Å². The number of rotatable bonds is 5. The summed E-state index contributed by atoms with van der Waals surface area (Å²) in [5.41, 5.74) is 1.75. The lowest BCUT2D eigenvalue weighted by Crippen LogP contribution is -2.32. The molecule has 2 rings (SSSR count). The molecule has 126 valence electrons. The zero-order chi connectivity index (χ0) is 17.2. The molecule has 0 bridgehead atoms. The summed E-state index contributed by atoms with van der Waals surface area (Å²) in [7, 11) is 1.70. The average Bonchev–Trinajstić information content (AvgIpc) is 3.02. The molecule has 0 aromatic carbocycles. The van der Waals surface area contributed by atoms with E-state index in [0.29, 0.717) is 6.54 Å². The molecule has 8 nitrogen and oxygen atoms in total. The van der Waals surface area contributed by atoms with Crippen molar-refractivity contribution in [2.45, 2.75) is 51.6 Å². The lowest BCUT2D eigenvalue weighted by atomic mass is 9.92. The summed E-state index contributed by atoms with van der Waals surface area (Å²) in [5, 5.41) is 11.8. The number of hydrogen-bond acceptors (Lipinski definition) is 4. The van der Waals surface area contributed by atoms with E-state index in [2.05, 4.69) is 41.6 Å². The van der Waals surface area contributed by atoms with E-state index in [-0.39, 0.29) is 30.1 Å². The number of amides is 4. The standard InChI is InChI=1S/C15H23N5O3/c1-15(2,3)11-7-9(18-19-11)8-20(4)12(21)6-5-10-13(22)17-14(23)16-10/h7,10H,5-6,8H2,1-4H3,(H,18,19)(H2,16,17,22,23). The highest BCUT2D eigenvalue weighted by molar-refractivity contribution is 6.04. The largest absolute Gasteiger partial charge is 0.340 e. The maximum Gasteiger partial charge on any atom is 0.322 e. The van der Waals surface area contributed by atoms with Gasteiger partial charge in [-0.05, 0) is 12.5 Å². The van der Waals surface area contributed by atoms with Gasteiger partial charge in [0.25, 0.3) is 5.91 Å². The highest BCUT2D eigenvalue weighted by Crippen LogP contribution is 2.20. The molecule has 1 atom stereocenters. The van der Waals surface area contributed by atoms with E-state index in [0.717, 1.165) is 11.4 Å². The fourth-order valence-corrected chi connectivity index (χ4v) is 2.29. The van der Waals surface area contributed by atoms with Crippen LogP contribution in [-0.4, -0.2) is 46.0 Å². The summed E-state index contributed by atoms with van der Waals surface area (Å²) in [4.78, 5) is 36.2. The Labute approximate surface area is 135 Å². The topological polar surface area (TPSA) is 107 Å². The third-order valence-electron chi connectivity index (χ3n) is 3.74. The Kier molecular flexibility index (Phi) is 4.72. The Morgan fingerprint density at radius 2 is 2.04 bits per heavy atom. The van der Waals surface area contributed by atoms with E-state index < -0.39 is 12.1 Å². The Hall–Kier alpha value is -2.38. The van der Waals surface area contributed by atoms with E-state index in [9.17, 15) is 14.4 Å². The molecule has 0 saturated carbocycles. The highest BCUT2D eigenvalue weighted by Gasteiger charge is 2.29. The Balaban J connectivity index is 1.84. The van der Waals surface area contributed by atoms with Gasteiger partial charge >= 0.3 is 6.03 Å². The number of aromatic nitrogens is 2. The third kappa shape index (κ3) is 4.30. The second-order valence-corrected chi connectivity index (χ2v) is 6.83. The fourth-order valence-electron chi connectivity index (χ4n) is 2.29. The molecule has 1 aromatic rings. The first-order valence-corrected chi connectivity index (χ1v) is 7.57. The van der Waals surface area contributed by atoms with Crippen molar-refractivity contribution in [1.82, 2.24) is 25.7 Å². The Bertz CT molecular complexity index is 617. The summed E-state index contributed by atoms with van der Waals surface area (Å²) in [5.74, 6) is -0.473. The van der Waals surface area contributed by atoms with Gasteiger partial charge in [-0.15, -0.1) is 0 Å². The quantitative estimate of drug-likeness (QED) is 0.692. The van der Waals surface area contributed by atoms with Crippen LogP contribution in [0.2, 0.25) is 0 Å². The summed E-state index contributed by atoms with van der Waals surface area (Å²) in [6.07, 6.45) is 0.478. The van der Waals surface area contributed by atoms with Gasteiger partial charge in [-0.3, -0.25) is 20.0 Å².